The molecule has 0 fully saturated rings. The van der Waals surface area contributed by atoms with E-state index in [2.05, 4.69) is 0 Å². The molecule has 2 rings (SSSR count). The Morgan fingerprint density at radius 3 is 1.11 bits per heavy atom. The van der Waals surface area contributed by atoms with Crippen molar-refractivity contribution < 1.29 is 48.7 Å². The van der Waals surface area contributed by atoms with Crippen LogP contribution in [0.15, 0.2) is 36.4 Å². The summed E-state index contributed by atoms with van der Waals surface area (Å²) < 4.78 is 10.4. The van der Waals surface area contributed by atoms with Gasteiger partial charge in [0.2, 0.25) is 0 Å². The molecule has 0 aliphatic rings. The predicted molar refractivity (Wildman–Crippen MR) is 130 cm³/mol. The summed E-state index contributed by atoms with van der Waals surface area (Å²) in [7, 11) is 0. The number of benzene rings is 2. The number of ether oxygens (including phenoxy) is 2. The first-order chi connectivity index (χ1) is 17.2. The molecule has 0 amide bonds. The normalized spacial score (nSPS) is 10.9. The van der Waals surface area contributed by atoms with E-state index >= 15 is 0 Å². The molecule has 204 valence electrons. The van der Waals surface area contributed by atoms with Gasteiger partial charge in [0.25, 0.3) is 11.4 Å². The van der Waals surface area contributed by atoms with Crippen LogP contribution in [-0.2, 0) is 9.47 Å². The van der Waals surface area contributed by atoms with Gasteiger partial charge in [0.05, 0.1) is 32.1 Å². The van der Waals surface area contributed by atoms with E-state index in [-0.39, 0.29) is 16.8 Å². The Morgan fingerprint density at radius 2 is 0.868 bits per heavy atom. The molecule has 0 saturated carbocycles. The van der Waals surface area contributed by atoms with E-state index in [1.165, 1.54) is 6.07 Å². The number of rotatable bonds is 6. The molecule has 0 aliphatic carbocycles. The van der Waals surface area contributed by atoms with Crippen LogP contribution in [0.4, 0.5) is 11.4 Å². The summed E-state index contributed by atoms with van der Waals surface area (Å²) in [6.45, 7) is 10.1. The minimum atomic E-state index is -1.42. The van der Waals surface area contributed by atoms with Gasteiger partial charge in [-0.3, -0.25) is 20.2 Å². The first-order valence-electron chi connectivity index (χ1n) is 10.7. The standard InChI is InChI=1S/C16H21NO6.C8H5NO6/c1-15(2,3)22-13(18)10-7-11(9-12(8-10)17(20)21)14(19)23-16(4,5)6;10-7(11)4-1-5(8(12)13)3-6(2-4)9(14)15/h7-9H,1-6H3;1-3H,(H,10,11)(H,12,13). The van der Waals surface area contributed by atoms with Crippen LogP contribution in [0.25, 0.3) is 0 Å². The molecule has 2 aromatic rings. The Balaban J connectivity index is 0.000000415. The van der Waals surface area contributed by atoms with Crippen molar-refractivity contribution in [2.45, 2.75) is 52.7 Å². The zero-order valence-corrected chi connectivity index (χ0v) is 21.3. The second-order valence-electron chi connectivity index (χ2n) is 9.67. The van der Waals surface area contributed by atoms with Gasteiger partial charge < -0.3 is 19.7 Å². The lowest BCUT2D eigenvalue weighted by Crippen LogP contribution is -2.25. The largest absolute Gasteiger partial charge is 0.478 e. The molecule has 38 heavy (non-hydrogen) atoms. The van der Waals surface area contributed by atoms with Gasteiger partial charge in [-0.15, -0.1) is 0 Å². The minimum absolute atomic E-state index is 0.0741. The molecular formula is C24H26N2O12. The highest BCUT2D eigenvalue weighted by Crippen LogP contribution is 2.22. The monoisotopic (exact) mass is 534 g/mol. The molecular weight excluding hydrogens is 508 g/mol. The fraction of sp³-hybridized carbons (Fsp3) is 0.333. The molecule has 0 saturated heterocycles. The third-order valence-corrected chi connectivity index (χ3v) is 4.02. The number of non-ortho nitro benzene ring substituents is 2. The van der Waals surface area contributed by atoms with E-state index in [0.717, 1.165) is 30.3 Å². The molecule has 0 bridgehead atoms. The van der Waals surface area contributed by atoms with Gasteiger partial charge in [-0.2, -0.15) is 0 Å². The highest BCUT2D eigenvalue weighted by atomic mass is 16.6. The van der Waals surface area contributed by atoms with Gasteiger partial charge >= 0.3 is 23.9 Å². The van der Waals surface area contributed by atoms with Crippen LogP contribution < -0.4 is 0 Å². The lowest BCUT2D eigenvalue weighted by Gasteiger charge is -2.20. The number of carbonyl (C=O) groups is 4. The molecule has 0 spiro atoms. The molecule has 0 atom stereocenters. The first-order valence-corrected chi connectivity index (χ1v) is 10.7. The van der Waals surface area contributed by atoms with Crippen molar-refractivity contribution >= 4 is 35.3 Å². The molecule has 0 aromatic heterocycles. The molecule has 0 heterocycles. The van der Waals surface area contributed by atoms with Crippen molar-refractivity contribution in [3.63, 3.8) is 0 Å². The quantitative estimate of drug-likeness (QED) is 0.298. The Morgan fingerprint density at radius 1 is 0.605 bits per heavy atom. The number of nitro benzene ring substituents is 2. The molecule has 0 radical (unpaired) electrons. The van der Waals surface area contributed by atoms with Gasteiger partial charge in [0.15, 0.2) is 0 Å². The van der Waals surface area contributed by atoms with Crippen LogP contribution in [0.3, 0.4) is 0 Å². The summed E-state index contributed by atoms with van der Waals surface area (Å²) in [5.41, 5.74) is -3.46. The average Bonchev–Trinajstić information content (AvgIpc) is 2.76. The third kappa shape index (κ3) is 10.0. The number of aromatic carboxylic acids is 2. The van der Waals surface area contributed by atoms with E-state index in [1.807, 2.05) is 0 Å². The maximum absolute atomic E-state index is 12.1. The van der Waals surface area contributed by atoms with Crippen molar-refractivity contribution in [1.29, 1.82) is 0 Å². The minimum Gasteiger partial charge on any atom is -0.478 e. The van der Waals surface area contributed by atoms with Crippen LogP contribution in [0.5, 0.6) is 0 Å². The van der Waals surface area contributed by atoms with Crippen LogP contribution in [-0.4, -0.2) is 55.1 Å². The van der Waals surface area contributed by atoms with Gasteiger partial charge in [-0.25, -0.2) is 19.2 Å². The topological polar surface area (TPSA) is 213 Å². The Labute approximate surface area is 216 Å². The summed E-state index contributed by atoms with van der Waals surface area (Å²) in [5, 5.41) is 38.6. The number of carboxylic acids is 2. The summed E-state index contributed by atoms with van der Waals surface area (Å²) in [4.78, 5) is 65.1. The van der Waals surface area contributed by atoms with Crippen molar-refractivity contribution in [3.8, 4) is 0 Å². The molecule has 14 nitrogen and oxygen atoms in total. The summed E-state index contributed by atoms with van der Waals surface area (Å²) >= 11 is 0. The molecule has 2 aromatic carbocycles. The van der Waals surface area contributed by atoms with Gasteiger partial charge in [0.1, 0.15) is 11.2 Å². The second-order valence-corrected chi connectivity index (χ2v) is 9.67. The van der Waals surface area contributed by atoms with Crippen molar-refractivity contribution in [2.75, 3.05) is 0 Å². The SMILES string of the molecule is CC(C)(C)OC(=O)c1cc(C(=O)OC(C)(C)C)cc([N+](=O)[O-])c1.O=C(O)c1cc(C(=O)O)cc([N+](=O)[O-])c1. The van der Waals surface area contributed by atoms with E-state index in [0.29, 0.717) is 0 Å². The van der Waals surface area contributed by atoms with Crippen LogP contribution in [0.2, 0.25) is 0 Å². The lowest BCUT2D eigenvalue weighted by molar-refractivity contribution is -0.385. The van der Waals surface area contributed by atoms with E-state index < -0.39 is 61.7 Å². The molecule has 2 N–H and O–H groups in total. The lowest BCUT2D eigenvalue weighted by atomic mass is 10.1. The number of hydrogen-bond donors (Lipinski definition) is 2. The van der Waals surface area contributed by atoms with E-state index in [9.17, 15) is 39.4 Å². The smallest absolute Gasteiger partial charge is 0.338 e. The molecule has 0 unspecified atom stereocenters. The zero-order chi connectivity index (χ0) is 29.6. The Hall–Kier alpha value is -4.88. The summed E-state index contributed by atoms with van der Waals surface area (Å²) in [5.74, 6) is -4.32. The number of hydrogen-bond acceptors (Lipinski definition) is 10. The zero-order valence-electron chi connectivity index (χ0n) is 21.3. The van der Waals surface area contributed by atoms with Gasteiger partial charge in [0, 0.05) is 24.3 Å². The number of carbonyl (C=O) groups excluding carboxylic acids is 2. The maximum Gasteiger partial charge on any atom is 0.338 e. The third-order valence-electron chi connectivity index (χ3n) is 4.02. The highest BCUT2D eigenvalue weighted by molar-refractivity contribution is 5.97. The van der Waals surface area contributed by atoms with E-state index in [1.54, 1.807) is 41.5 Å². The van der Waals surface area contributed by atoms with Crippen molar-refractivity contribution in [3.05, 3.63) is 78.9 Å². The number of nitrogens with zero attached hydrogens (tertiary/aromatic N) is 2. The first kappa shape index (κ1) is 31.2. The number of nitro groups is 2. The maximum atomic E-state index is 12.1. The highest BCUT2D eigenvalue weighted by Gasteiger charge is 2.25. The summed E-state index contributed by atoms with van der Waals surface area (Å²) in [6, 6.07) is 5.83. The van der Waals surface area contributed by atoms with Crippen LogP contribution in [0.1, 0.15) is 83.0 Å². The second kappa shape index (κ2) is 11.9. The summed E-state index contributed by atoms with van der Waals surface area (Å²) in [6.07, 6.45) is 0. The van der Waals surface area contributed by atoms with E-state index in [4.69, 9.17) is 19.7 Å². The van der Waals surface area contributed by atoms with Gasteiger partial charge in [-0.05, 0) is 53.7 Å². The number of carboxylic acid groups (broad SMARTS) is 2. The van der Waals surface area contributed by atoms with Crippen LogP contribution in [0, 0.1) is 20.2 Å². The number of esters is 2. The molecule has 0 aliphatic heterocycles. The van der Waals surface area contributed by atoms with Crippen LogP contribution >= 0.6 is 0 Å². The Kier molecular flexibility index (Phi) is 9.76. The average molecular weight is 534 g/mol. The fourth-order valence-corrected chi connectivity index (χ4v) is 2.59. The van der Waals surface area contributed by atoms with Crippen molar-refractivity contribution in [2.24, 2.45) is 0 Å². The van der Waals surface area contributed by atoms with Gasteiger partial charge in [-0.1, -0.05) is 0 Å². The fourth-order valence-electron chi connectivity index (χ4n) is 2.59. The van der Waals surface area contributed by atoms with Crippen molar-refractivity contribution in [1.82, 2.24) is 0 Å². The predicted octanol–water partition coefficient (Wildman–Crippen LogP) is 4.50. The molecule has 14 heteroatoms. The Bertz CT molecular complexity index is 1160.